The molecule has 2 aromatic carbocycles. The number of hydrazone groups is 1. The average molecular weight is 402 g/mol. The molecule has 0 aliphatic carbocycles. The molecule has 0 spiro atoms. The number of carbonyl (C=O) groups is 2. The molecule has 6 heteroatoms. The second kappa shape index (κ2) is 8.37. The van der Waals surface area contributed by atoms with Crippen LogP contribution >= 0.6 is 0 Å². The van der Waals surface area contributed by atoms with Gasteiger partial charge in [-0.3, -0.25) is 9.59 Å². The first-order valence-corrected chi connectivity index (χ1v) is 9.75. The SMILES string of the molecule is CC(=O)c1ccccc1OCC(=O)N1N=C(c2ccc(C)cc2)C[C@@H]1c1ccco1. The number of hydrogen-bond acceptors (Lipinski definition) is 5. The van der Waals surface area contributed by atoms with E-state index in [1.54, 1.807) is 36.6 Å². The van der Waals surface area contributed by atoms with Gasteiger partial charge in [-0.05, 0) is 43.7 Å². The molecule has 152 valence electrons. The van der Waals surface area contributed by atoms with Gasteiger partial charge in [0.15, 0.2) is 12.4 Å². The van der Waals surface area contributed by atoms with Crippen LogP contribution in [0.2, 0.25) is 0 Å². The Hall–Kier alpha value is -3.67. The molecular formula is C24H22N2O4. The summed E-state index contributed by atoms with van der Waals surface area (Å²) in [5, 5.41) is 6.01. The molecule has 1 aliphatic rings. The minimum atomic E-state index is -0.338. The van der Waals surface area contributed by atoms with Crippen molar-refractivity contribution in [3.63, 3.8) is 0 Å². The molecule has 0 N–H and O–H groups in total. The highest BCUT2D eigenvalue weighted by atomic mass is 16.5. The standard InChI is InChI=1S/C24H22N2O4/c1-16-9-11-18(12-10-16)20-14-21(23-8-5-13-29-23)26(25-20)24(28)15-30-22-7-4-3-6-19(22)17(2)27/h3-13,21H,14-15H2,1-2H3/t21-/m1/s1. The van der Waals surface area contributed by atoms with Crippen LogP contribution in [-0.2, 0) is 4.79 Å². The van der Waals surface area contributed by atoms with Crippen LogP contribution in [0.5, 0.6) is 5.75 Å². The Bertz CT molecular complexity index is 1080. The van der Waals surface area contributed by atoms with Crippen molar-refractivity contribution in [3.05, 3.63) is 89.4 Å². The van der Waals surface area contributed by atoms with E-state index in [1.807, 2.05) is 37.3 Å². The number of aryl methyl sites for hydroxylation is 1. The Kier molecular flexibility index (Phi) is 5.48. The van der Waals surface area contributed by atoms with E-state index in [0.717, 1.165) is 16.8 Å². The molecule has 1 amide bonds. The molecule has 1 atom stereocenters. The van der Waals surface area contributed by atoms with E-state index in [-0.39, 0.29) is 24.3 Å². The Balaban J connectivity index is 1.56. The van der Waals surface area contributed by atoms with Gasteiger partial charge in [0, 0.05) is 6.42 Å². The predicted octanol–water partition coefficient (Wildman–Crippen LogP) is 4.55. The minimum Gasteiger partial charge on any atom is -0.483 e. The lowest BCUT2D eigenvalue weighted by atomic mass is 10.0. The van der Waals surface area contributed by atoms with E-state index >= 15 is 0 Å². The van der Waals surface area contributed by atoms with Crippen molar-refractivity contribution in [2.45, 2.75) is 26.3 Å². The zero-order valence-corrected chi connectivity index (χ0v) is 16.9. The van der Waals surface area contributed by atoms with Crippen LogP contribution in [0.3, 0.4) is 0 Å². The van der Waals surface area contributed by atoms with Gasteiger partial charge in [0.1, 0.15) is 17.6 Å². The van der Waals surface area contributed by atoms with Gasteiger partial charge < -0.3 is 9.15 Å². The average Bonchev–Trinajstić information content (AvgIpc) is 3.42. The fourth-order valence-corrected chi connectivity index (χ4v) is 3.45. The second-order valence-electron chi connectivity index (χ2n) is 7.23. The number of amides is 1. The van der Waals surface area contributed by atoms with Crippen molar-refractivity contribution in [2.75, 3.05) is 6.61 Å². The molecular weight excluding hydrogens is 380 g/mol. The summed E-state index contributed by atoms with van der Waals surface area (Å²) in [5.74, 6) is 0.623. The van der Waals surface area contributed by atoms with Crippen molar-refractivity contribution in [1.29, 1.82) is 0 Å². The van der Waals surface area contributed by atoms with E-state index in [9.17, 15) is 9.59 Å². The molecule has 0 fully saturated rings. The van der Waals surface area contributed by atoms with Crippen LogP contribution in [0.15, 0.2) is 76.4 Å². The van der Waals surface area contributed by atoms with Gasteiger partial charge in [-0.15, -0.1) is 0 Å². The molecule has 1 aromatic heterocycles. The highest BCUT2D eigenvalue weighted by molar-refractivity contribution is 6.03. The monoisotopic (exact) mass is 402 g/mol. The molecule has 30 heavy (non-hydrogen) atoms. The summed E-state index contributed by atoms with van der Waals surface area (Å²) in [5.41, 5.74) is 3.38. The maximum atomic E-state index is 13.0. The third-order valence-corrected chi connectivity index (χ3v) is 5.04. The number of furan rings is 1. The summed E-state index contributed by atoms with van der Waals surface area (Å²) in [6.07, 6.45) is 2.13. The number of benzene rings is 2. The molecule has 0 radical (unpaired) electrons. The van der Waals surface area contributed by atoms with E-state index in [2.05, 4.69) is 5.10 Å². The van der Waals surface area contributed by atoms with Gasteiger partial charge in [0.25, 0.3) is 5.91 Å². The Labute approximate surface area is 174 Å². The van der Waals surface area contributed by atoms with E-state index < -0.39 is 0 Å². The summed E-state index contributed by atoms with van der Waals surface area (Å²) in [6.45, 7) is 3.26. The number of carbonyl (C=O) groups excluding carboxylic acids is 2. The lowest BCUT2D eigenvalue weighted by molar-refractivity contribution is -0.135. The lowest BCUT2D eigenvalue weighted by Crippen LogP contribution is -2.31. The van der Waals surface area contributed by atoms with E-state index in [1.165, 1.54) is 11.9 Å². The van der Waals surface area contributed by atoms with Gasteiger partial charge in [0.2, 0.25) is 0 Å². The Morgan fingerprint density at radius 3 is 2.57 bits per heavy atom. The minimum absolute atomic E-state index is 0.118. The molecule has 6 nitrogen and oxygen atoms in total. The van der Waals surface area contributed by atoms with Crippen molar-refractivity contribution < 1.29 is 18.7 Å². The number of ether oxygens (including phenoxy) is 1. The van der Waals surface area contributed by atoms with Crippen molar-refractivity contribution in [3.8, 4) is 5.75 Å². The van der Waals surface area contributed by atoms with Crippen molar-refractivity contribution >= 4 is 17.4 Å². The molecule has 4 rings (SSSR count). The molecule has 0 unspecified atom stereocenters. The molecule has 0 saturated carbocycles. The number of hydrogen-bond donors (Lipinski definition) is 0. The normalized spacial score (nSPS) is 15.7. The van der Waals surface area contributed by atoms with Crippen LogP contribution in [0.4, 0.5) is 0 Å². The number of rotatable bonds is 6. The van der Waals surface area contributed by atoms with Crippen molar-refractivity contribution in [2.24, 2.45) is 5.10 Å². The third-order valence-electron chi connectivity index (χ3n) is 5.04. The van der Waals surface area contributed by atoms with Gasteiger partial charge in [-0.1, -0.05) is 42.0 Å². The summed E-state index contributed by atoms with van der Waals surface area (Å²) in [6, 6.07) is 18.2. The zero-order valence-electron chi connectivity index (χ0n) is 16.9. The maximum absolute atomic E-state index is 13.0. The quantitative estimate of drug-likeness (QED) is 0.567. The van der Waals surface area contributed by atoms with E-state index in [4.69, 9.17) is 9.15 Å². The smallest absolute Gasteiger partial charge is 0.281 e. The largest absolute Gasteiger partial charge is 0.483 e. The Morgan fingerprint density at radius 1 is 1.10 bits per heavy atom. The maximum Gasteiger partial charge on any atom is 0.281 e. The van der Waals surface area contributed by atoms with Crippen LogP contribution in [0.25, 0.3) is 0 Å². The number of ketones is 1. The first-order chi connectivity index (χ1) is 14.5. The summed E-state index contributed by atoms with van der Waals surface area (Å²) in [7, 11) is 0. The first-order valence-electron chi connectivity index (χ1n) is 9.75. The molecule has 3 aromatic rings. The lowest BCUT2D eigenvalue weighted by Gasteiger charge is -2.20. The highest BCUT2D eigenvalue weighted by Crippen LogP contribution is 2.33. The highest BCUT2D eigenvalue weighted by Gasteiger charge is 2.35. The second-order valence-corrected chi connectivity index (χ2v) is 7.23. The van der Waals surface area contributed by atoms with Crippen LogP contribution < -0.4 is 4.74 Å². The fraction of sp³-hybridized carbons (Fsp3) is 0.208. The van der Waals surface area contributed by atoms with Gasteiger partial charge in [0.05, 0.1) is 17.5 Å². The van der Waals surface area contributed by atoms with Crippen LogP contribution in [0, 0.1) is 6.92 Å². The first kappa shape index (κ1) is 19.6. The molecule has 2 heterocycles. The molecule has 0 bridgehead atoms. The predicted molar refractivity (Wildman–Crippen MR) is 113 cm³/mol. The fourth-order valence-electron chi connectivity index (χ4n) is 3.45. The van der Waals surface area contributed by atoms with Gasteiger partial charge in [-0.25, -0.2) is 5.01 Å². The van der Waals surface area contributed by atoms with Gasteiger partial charge in [-0.2, -0.15) is 5.10 Å². The summed E-state index contributed by atoms with van der Waals surface area (Å²) < 4.78 is 11.2. The van der Waals surface area contributed by atoms with Crippen molar-refractivity contribution in [1.82, 2.24) is 5.01 Å². The number of Topliss-reactive ketones (excluding diaryl/α,β-unsaturated/α-hetero) is 1. The summed E-state index contributed by atoms with van der Waals surface area (Å²) in [4.78, 5) is 24.8. The third kappa shape index (κ3) is 4.03. The van der Waals surface area contributed by atoms with Crippen LogP contribution in [-0.4, -0.2) is 29.0 Å². The zero-order chi connectivity index (χ0) is 21.1. The number of para-hydroxylation sites is 1. The van der Waals surface area contributed by atoms with Gasteiger partial charge >= 0.3 is 0 Å². The molecule has 0 saturated heterocycles. The van der Waals surface area contributed by atoms with Crippen LogP contribution in [0.1, 0.15) is 46.6 Å². The van der Waals surface area contributed by atoms with E-state index in [0.29, 0.717) is 23.5 Å². The molecule has 1 aliphatic heterocycles. The topological polar surface area (TPSA) is 72.1 Å². The summed E-state index contributed by atoms with van der Waals surface area (Å²) >= 11 is 0. The number of nitrogens with zero attached hydrogens (tertiary/aromatic N) is 2. The Morgan fingerprint density at radius 2 is 1.87 bits per heavy atom.